The third-order valence-corrected chi connectivity index (χ3v) is 3.79. The molecule has 1 heterocycles. The van der Waals surface area contributed by atoms with Crippen molar-refractivity contribution in [3.63, 3.8) is 0 Å². The highest BCUT2D eigenvalue weighted by molar-refractivity contribution is 8.14. The zero-order chi connectivity index (χ0) is 15.8. The van der Waals surface area contributed by atoms with E-state index < -0.39 is 33.4 Å². The molecule has 112 valence electrons. The number of rotatable bonds is 2. The number of benzene rings is 1. The van der Waals surface area contributed by atoms with E-state index in [1.807, 2.05) is 0 Å². The second-order valence-corrected chi connectivity index (χ2v) is 5.40. The molecule has 1 aromatic rings. The van der Waals surface area contributed by atoms with Gasteiger partial charge in [0.1, 0.15) is 11.3 Å². The fraction of sp³-hybridized carbons (Fsp3) is 0.167. The van der Waals surface area contributed by atoms with Gasteiger partial charge in [-0.1, -0.05) is 23.4 Å². The maximum Gasteiger partial charge on any atom is 0.417 e. The highest BCUT2D eigenvalue weighted by Gasteiger charge is 2.33. The smallest absolute Gasteiger partial charge is 0.417 e. The van der Waals surface area contributed by atoms with Crippen molar-refractivity contribution in [1.82, 2.24) is 0 Å². The average molecular weight is 338 g/mol. The van der Waals surface area contributed by atoms with Gasteiger partial charge in [0.2, 0.25) is 5.12 Å². The van der Waals surface area contributed by atoms with Crippen LogP contribution in [-0.2, 0) is 15.8 Å². The zero-order valence-corrected chi connectivity index (χ0v) is 11.7. The minimum absolute atomic E-state index is 0.00461. The summed E-state index contributed by atoms with van der Waals surface area (Å²) in [6.07, 6.45) is -4.60. The van der Waals surface area contributed by atoms with Crippen LogP contribution in [0.4, 0.5) is 18.9 Å². The van der Waals surface area contributed by atoms with Gasteiger partial charge in [0.05, 0.1) is 16.3 Å². The van der Waals surface area contributed by atoms with Gasteiger partial charge in [0.25, 0.3) is 5.91 Å². The molecule has 0 radical (unpaired) electrons. The van der Waals surface area contributed by atoms with Crippen molar-refractivity contribution >= 4 is 40.1 Å². The first-order valence-electron chi connectivity index (χ1n) is 5.47. The van der Waals surface area contributed by atoms with Gasteiger partial charge in [0, 0.05) is 5.69 Å². The lowest BCUT2D eigenvalue weighted by Crippen LogP contribution is -2.18. The molecule has 0 spiro atoms. The Morgan fingerprint density at radius 1 is 1.38 bits per heavy atom. The molecule has 1 amide bonds. The van der Waals surface area contributed by atoms with Crippen molar-refractivity contribution in [2.45, 2.75) is 6.18 Å². The molecule has 0 fully saturated rings. The Morgan fingerprint density at radius 3 is 2.52 bits per heavy atom. The van der Waals surface area contributed by atoms with Crippen LogP contribution < -0.4 is 5.32 Å². The molecule has 1 aliphatic heterocycles. The summed E-state index contributed by atoms with van der Waals surface area (Å²) in [6, 6.07) is 2.65. The lowest BCUT2D eigenvalue weighted by molar-refractivity contribution is -0.137. The molecule has 2 N–H and O–H groups in total. The van der Waals surface area contributed by atoms with Gasteiger partial charge < -0.3 is 10.4 Å². The molecule has 0 saturated heterocycles. The van der Waals surface area contributed by atoms with Crippen LogP contribution in [0.2, 0.25) is 5.02 Å². The Labute approximate surface area is 126 Å². The predicted octanol–water partition coefficient (Wildman–Crippen LogP) is 3.38. The molecule has 4 nitrogen and oxygen atoms in total. The number of halogens is 4. The van der Waals surface area contributed by atoms with Crippen molar-refractivity contribution in [3.05, 3.63) is 40.1 Å². The van der Waals surface area contributed by atoms with Gasteiger partial charge in [0.15, 0.2) is 0 Å². The van der Waals surface area contributed by atoms with Crippen LogP contribution in [0.25, 0.3) is 0 Å². The van der Waals surface area contributed by atoms with Gasteiger partial charge >= 0.3 is 6.18 Å². The molecule has 1 aliphatic rings. The number of aliphatic hydroxyl groups is 1. The Hall–Kier alpha value is -1.67. The van der Waals surface area contributed by atoms with Crippen LogP contribution in [0.15, 0.2) is 29.5 Å². The number of nitrogens with one attached hydrogen (secondary N) is 1. The van der Waals surface area contributed by atoms with E-state index in [1.54, 1.807) is 0 Å². The summed E-state index contributed by atoms with van der Waals surface area (Å²) in [6.45, 7) is 0. The van der Waals surface area contributed by atoms with E-state index in [-0.39, 0.29) is 17.2 Å². The molecule has 0 aromatic heterocycles. The van der Waals surface area contributed by atoms with Crippen LogP contribution >= 0.6 is 23.4 Å². The molecule has 9 heteroatoms. The molecular weight excluding hydrogens is 331 g/mol. The third-order valence-electron chi connectivity index (χ3n) is 2.59. The molecule has 0 atom stereocenters. The number of carbonyl (C=O) groups is 2. The highest BCUT2D eigenvalue weighted by Crippen LogP contribution is 2.36. The summed E-state index contributed by atoms with van der Waals surface area (Å²) in [5.41, 5.74) is -1.45. The molecule has 0 bridgehead atoms. The number of amides is 1. The number of carbonyl (C=O) groups excluding carboxylic acids is 2. The Balaban J connectivity index is 2.22. The second-order valence-electron chi connectivity index (χ2n) is 4.04. The van der Waals surface area contributed by atoms with E-state index in [2.05, 4.69) is 5.32 Å². The molecule has 2 rings (SSSR count). The maximum atomic E-state index is 12.5. The predicted molar refractivity (Wildman–Crippen MR) is 72.2 cm³/mol. The number of anilines is 1. The quantitative estimate of drug-likeness (QED) is 0.812. The van der Waals surface area contributed by atoms with E-state index >= 15 is 0 Å². The average Bonchev–Trinajstić information content (AvgIpc) is 2.67. The second kappa shape index (κ2) is 5.61. The van der Waals surface area contributed by atoms with E-state index in [0.29, 0.717) is 0 Å². The van der Waals surface area contributed by atoms with Crippen LogP contribution in [-0.4, -0.2) is 21.9 Å². The van der Waals surface area contributed by atoms with Crippen molar-refractivity contribution < 1.29 is 27.9 Å². The van der Waals surface area contributed by atoms with Crippen molar-refractivity contribution in [2.24, 2.45) is 0 Å². The lowest BCUT2D eigenvalue weighted by atomic mass is 10.2. The minimum atomic E-state index is -4.60. The number of hydrogen-bond donors (Lipinski definition) is 2. The first kappa shape index (κ1) is 15.7. The minimum Gasteiger partial charge on any atom is -0.510 e. The normalized spacial score (nSPS) is 15.5. The molecule has 0 saturated carbocycles. The Morgan fingerprint density at radius 2 is 2.05 bits per heavy atom. The van der Waals surface area contributed by atoms with E-state index in [9.17, 15) is 27.9 Å². The largest absolute Gasteiger partial charge is 0.510 e. The molecule has 1 aromatic carbocycles. The SMILES string of the molecule is O=C(Nc1ccc(C(F)(F)F)c(Cl)c1)C1=C(O)CSC1=O. The molecule has 0 aliphatic carbocycles. The Kier molecular flexibility index (Phi) is 4.20. The first-order valence-corrected chi connectivity index (χ1v) is 6.84. The summed E-state index contributed by atoms with van der Waals surface area (Å²) in [5, 5.41) is 10.5. The molecule has 21 heavy (non-hydrogen) atoms. The van der Waals surface area contributed by atoms with E-state index in [0.717, 1.165) is 30.0 Å². The third kappa shape index (κ3) is 3.33. The van der Waals surface area contributed by atoms with Crippen LogP contribution in [0.1, 0.15) is 5.56 Å². The number of hydrogen-bond acceptors (Lipinski definition) is 4. The van der Waals surface area contributed by atoms with Crippen molar-refractivity contribution in [1.29, 1.82) is 0 Å². The summed E-state index contributed by atoms with van der Waals surface area (Å²) >= 11 is 6.27. The topological polar surface area (TPSA) is 66.4 Å². The van der Waals surface area contributed by atoms with Crippen LogP contribution in [0, 0.1) is 0 Å². The van der Waals surface area contributed by atoms with Crippen molar-refractivity contribution in [3.8, 4) is 0 Å². The molecule has 0 unspecified atom stereocenters. The van der Waals surface area contributed by atoms with Crippen LogP contribution in [0.3, 0.4) is 0 Å². The fourth-order valence-electron chi connectivity index (χ4n) is 1.64. The number of alkyl halides is 3. The van der Waals surface area contributed by atoms with E-state index in [1.165, 1.54) is 0 Å². The van der Waals surface area contributed by atoms with Gasteiger partial charge in [-0.25, -0.2) is 0 Å². The first-order chi connectivity index (χ1) is 9.70. The van der Waals surface area contributed by atoms with Gasteiger partial charge in [-0.15, -0.1) is 0 Å². The Bertz CT molecular complexity index is 658. The van der Waals surface area contributed by atoms with Crippen molar-refractivity contribution in [2.75, 3.05) is 11.1 Å². The van der Waals surface area contributed by atoms with Crippen LogP contribution in [0.5, 0.6) is 0 Å². The van der Waals surface area contributed by atoms with Gasteiger partial charge in [-0.2, -0.15) is 13.2 Å². The summed E-state index contributed by atoms with van der Waals surface area (Å²) < 4.78 is 37.6. The standard InChI is InChI=1S/C12H7ClF3NO3S/c13-7-3-5(1-2-6(7)12(14,15)16)17-10(19)9-8(18)4-21-11(9)20/h1-3,18H,4H2,(H,17,19). The van der Waals surface area contributed by atoms with E-state index in [4.69, 9.17) is 11.6 Å². The lowest BCUT2D eigenvalue weighted by Gasteiger charge is -2.11. The number of aliphatic hydroxyl groups excluding tert-OH is 1. The zero-order valence-electron chi connectivity index (χ0n) is 10.1. The summed E-state index contributed by atoms with van der Waals surface area (Å²) in [7, 11) is 0. The maximum absolute atomic E-state index is 12.5. The molecular formula is C12H7ClF3NO3S. The van der Waals surface area contributed by atoms with Gasteiger partial charge in [-0.3, -0.25) is 9.59 Å². The fourth-order valence-corrected chi connectivity index (χ4v) is 2.69. The monoisotopic (exact) mass is 337 g/mol. The summed E-state index contributed by atoms with van der Waals surface area (Å²) in [4.78, 5) is 23.2. The van der Waals surface area contributed by atoms with Gasteiger partial charge in [-0.05, 0) is 18.2 Å². The summed E-state index contributed by atoms with van der Waals surface area (Å²) in [5.74, 6) is -1.26. The highest BCUT2D eigenvalue weighted by atomic mass is 35.5. The number of thioether (sulfide) groups is 1.